The SMILES string of the molecule is FC(F)(F)c1cccc(-c2nc(Oc3ccccc3)sc2Br)c1. The second kappa shape index (κ2) is 6.33. The van der Waals surface area contributed by atoms with Crippen LogP contribution < -0.4 is 4.74 Å². The molecule has 0 aliphatic heterocycles. The minimum Gasteiger partial charge on any atom is -0.431 e. The number of aromatic nitrogens is 1. The van der Waals surface area contributed by atoms with Crippen LogP contribution >= 0.6 is 27.3 Å². The summed E-state index contributed by atoms with van der Waals surface area (Å²) < 4.78 is 44.7. The Hall–Kier alpha value is -1.86. The van der Waals surface area contributed by atoms with Crippen LogP contribution in [0.25, 0.3) is 11.3 Å². The number of nitrogens with zero attached hydrogens (tertiary/aromatic N) is 1. The Balaban J connectivity index is 1.92. The van der Waals surface area contributed by atoms with Gasteiger partial charge in [0.2, 0.25) is 0 Å². The summed E-state index contributed by atoms with van der Waals surface area (Å²) >= 11 is 4.56. The lowest BCUT2D eigenvalue weighted by Gasteiger charge is -2.07. The zero-order chi connectivity index (χ0) is 16.4. The van der Waals surface area contributed by atoms with Gasteiger partial charge in [-0.05, 0) is 40.2 Å². The summed E-state index contributed by atoms with van der Waals surface area (Å²) in [5.74, 6) is 0.615. The number of alkyl halides is 3. The zero-order valence-electron chi connectivity index (χ0n) is 11.5. The molecule has 0 saturated heterocycles. The smallest absolute Gasteiger partial charge is 0.416 e. The van der Waals surface area contributed by atoms with Crippen LogP contribution in [0.2, 0.25) is 0 Å². The van der Waals surface area contributed by atoms with Gasteiger partial charge in [0.15, 0.2) is 0 Å². The maximum Gasteiger partial charge on any atom is 0.416 e. The van der Waals surface area contributed by atoms with Crippen molar-refractivity contribution < 1.29 is 17.9 Å². The fourth-order valence-electron chi connectivity index (χ4n) is 1.94. The lowest BCUT2D eigenvalue weighted by Crippen LogP contribution is -2.04. The largest absolute Gasteiger partial charge is 0.431 e. The van der Waals surface area contributed by atoms with Crippen molar-refractivity contribution in [2.45, 2.75) is 6.18 Å². The van der Waals surface area contributed by atoms with Crippen molar-refractivity contribution in [1.82, 2.24) is 4.98 Å². The van der Waals surface area contributed by atoms with Crippen LogP contribution in [-0.4, -0.2) is 4.98 Å². The van der Waals surface area contributed by atoms with Gasteiger partial charge >= 0.3 is 6.18 Å². The third kappa shape index (κ3) is 3.73. The number of ether oxygens (including phenoxy) is 1. The summed E-state index contributed by atoms with van der Waals surface area (Å²) in [5, 5.41) is 0.357. The third-order valence-corrected chi connectivity index (χ3v) is 4.56. The van der Waals surface area contributed by atoms with Gasteiger partial charge in [-0.3, -0.25) is 0 Å². The lowest BCUT2D eigenvalue weighted by molar-refractivity contribution is -0.137. The molecule has 0 bridgehead atoms. The van der Waals surface area contributed by atoms with E-state index in [4.69, 9.17) is 4.74 Å². The van der Waals surface area contributed by atoms with Gasteiger partial charge in [0.1, 0.15) is 9.54 Å². The van der Waals surface area contributed by atoms with Crippen LogP contribution in [0, 0.1) is 0 Å². The van der Waals surface area contributed by atoms with E-state index in [0.717, 1.165) is 12.1 Å². The molecule has 7 heteroatoms. The van der Waals surface area contributed by atoms with Crippen molar-refractivity contribution in [3.63, 3.8) is 0 Å². The molecule has 0 spiro atoms. The van der Waals surface area contributed by atoms with Gasteiger partial charge in [-0.1, -0.05) is 41.7 Å². The normalized spacial score (nSPS) is 11.5. The molecule has 0 amide bonds. The van der Waals surface area contributed by atoms with Crippen LogP contribution in [0.1, 0.15) is 5.56 Å². The van der Waals surface area contributed by atoms with Crippen molar-refractivity contribution >= 4 is 27.3 Å². The Bertz CT molecular complexity index is 818. The molecule has 0 fully saturated rings. The van der Waals surface area contributed by atoms with Gasteiger partial charge in [0.05, 0.1) is 11.3 Å². The predicted molar refractivity (Wildman–Crippen MR) is 86.8 cm³/mol. The van der Waals surface area contributed by atoms with Crippen molar-refractivity contribution in [2.24, 2.45) is 0 Å². The molecule has 0 radical (unpaired) electrons. The summed E-state index contributed by atoms with van der Waals surface area (Å²) in [5.41, 5.74) is 0.0957. The molecule has 0 saturated carbocycles. The van der Waals surface area contributed by atoms with E-state index >= 15 is 0 Å². The van der Waals surface area contributed by atoms with Gasteiger partial charge < -0.3 is 4.74 Å². The molecular formula is C16H9BrF3NOS. The first-order valence-corrected chi connectivity index (χ1v) is 8.11. The molecule has 2 aromatic carbocycles. The summed E-state index contributed by atoms with van der Waals surface area (Å²) in [6, 6.07) is 14.1. The molecule has 3 rings (SSSR count). The maximum absolute atomic E-state index is 12.8. The second-order valence-corrected chi connectivity index (χ2v) is 6.88. The number of benzene rings is 2. The van der Waals surface area contributed by atoms with Gasteiger partial charge in [0, 0.05) is 5.56 Å². The number of hydrogen-bond donors (Lipinski definition) is 0. The fraction of sp³-hybridized carbons (Fsp3) is 0.0625. The molecule has 0 atom stereocenters. The molecule has 1 heterocycles. The average Bonchev–Trinajstić information content (AvgIpc) is 2.88. The first-order chi connectivity index (χ1) is 10.9. The van der Waals surface area contributed by atoms with E-state index in [0.29, 0.717) is 26.0 Å². The van der Waals surface area contributed by atoms with Crippen LogP contribution in [-0.2, 0) is 6.18 Å². The minimum absolute atomic E-state index is 0.357. The van der Waals surface area contributed by atoms with Crippen LogP contribution in [0.15, 0.2) is 58.4 Å². The third-order valence-electron chi connectivity index (χ3n) is 2.98. The van der Waals surface area contributed by atoms with E-state index in [2.05, 4.69) is 20.9 Å². The van der Waals surface area contributed by atoms with Crippen molar-refractivity contribution in [2.75, 3.05) is 0 Å². The number of para-hydroxylation sites is 1. The molecule has 0 unspecified atom stereocenters. The molecule has 0 aliphatic carbocycles. The lowest BCUT2D eigenvalue weighted by atomic mass is 10.1. The van der Waals surface area contributed by atoms with E-state index in [-0.39, 0.29) is 0 Å². The quantitative estimate of drug-likeness (QED) is 0.509. The van der Waals surface area contributed by atoms with E-state index in [1.807, 2.05) is 18.2 Å². The van der Waals surface area contributed by atoms with E-state index in [9.17, 15) is 13.2 Å². The highest BCUT2D eigenvalue weighted by molar-refractivity contribution is 9.11. The van der Waals surface area contributed by atoms with Crippen molar-refractivity contribution in [1.29, 1.82) is 0 Å². The molecular weight excluding hydrogens is 391 g/mol. The van der Waals surface area contributed by atoms with Crippen molar-refractivity contribution in [3.8, 4) is 22.2 Å². The minimum atomic E-state index is -4.39. The van der Waals surface area contributed by atoms with E-state index in [1.165, 1.54) is 17.4 Å². The zero-order valence-corrected chi connectivity index (χ0v) is 13.9. The summed E-state index contributed by atoms with van der Waals surface area (Å²) in [4.78, 5) is 4.28. The highest BCUT2D eigenvalue weighted by atomic mass is 79.9. The monoisotopic (exact) mass is 399 g/mol. The average molecular weight is 400 g/mol. The molecule has 118 valence electrons. The van der Waals surface area contributed by atoms with E-state index in [1.54, 1.807) is 18.2 Å². The fourth-order valence-corrected chi connectivity index (χ4v) is 3.36. The number of hydrogen-bond acceptors (Lipinski definition) is 3. The number of rotatable bonds is 3. The summed E-state index contributed by atoms with van der Waals surface area (Å²) in [7, 11) is 0. The summed E-state index contributed by atoms with van der Waals surface area (Å²) in [6.07, 6.45) is -4.39. The van der Waals surface area contributed by atoms with Gasteiger partial charge in [-0.15, -0.1) is 0 Å². The molecule has 3 aromatic rings. The highest BCUT2D eigenvalue weighted by Crippen LogP contribution is 2.40. The van der Waals surface area contributed by atoms with Gasteiger partial charge in [-0.25, -0.2) is 4.98 Å². The van der Waals surface area contributed by atoms with Crippen molar-refractivity contribution in [3.05, 3.63) is 63.9 Å². The second-order valence-electron chi connectivity index (χ2n) is 4.60. The first kappa shape index (κ1) is 16.0. The Morgan fingerprint density at radius 2 is 1.74 bits per heavy atom. The topological polar surface area (TPSA) is 22.1 Å². The molecule has 1 aromatic heterocycles. The van der Waals surface area contributed by atoms with Gasteiger partial charge in [-0.2, -0.15) is 13.2 Å². The standard InChI is InChI=1S/C16H9BrF3NOS/c17-14-13(10-5-4-6-11(9-10)16(18,19)20)21-15(23-14)22-12-7-2-1-3-8-12/h1-9H. The van der Waals surface area contributed by atoms with E-state index < -0.39 is 11.7 Å². The molecule has 0 N–H and O–H groups in total. The Morgan fingerprint density at radius 3 is 2.43 bits per heavy atom. The predicted octanol–water partition coefficient (Wildman–Crippen LogP) is 6.38. The Kier molecular flexibility index (Phi) is 4.41. The first-order valence-electron chi connectivity index (χ1n) is 6.50. The molecule has 23 heavy (non-hydrogen) atoms. The van der Waals surface area contributed by atoms with Crippen LogP contribution in [0.5, 0.6) is 10.9 Å². The van der Waals surface area contributed by atoms with Crippen LogP contribution in [0.3, 0.4) is 0 Å². The summed E-state index contributed by atoms with van der Waals surface area (Å²) in [6.45, 7) is 0. The Morgan fingerprint density at radius 1 is 1.00 bits per heavy atom. The molecule has 2 nitrogen and oxygen atoms in total. The van der Waals surface area contributed by atoms with Gasteiger partial charge in [0.25, 0.3) is 5.19 Å². The number of halogens is 4. The maximum atomic E-state index is 12.8. The number of thiazole rings is 1. The highest BCUT2D eigenvalue weighted by Gasteiger charge is 2.30. The Labute approximate surface area is 142 Å². The van der Waals surface area contributed by atoms with Crippen LogP contribution in [0.4, 0.5) is 13.2 Å². The molecule has 0 aliphatic rings.